The van der Waals surface area contributed by atoms with Crippen molar-refractivity contribution >= 4 is 21.6 Å². The quantitative estimate of drug-likeness (QED) is 0.740. The van der Waals surface area contributed by atoms with Crippen molar-refractivity contribution in [1.82, 2.24) is 4.31 Å². The lowest BCUT2D eigenvalue weighted by atomic mass is 9.97. The molecular weight excluding hydrogens is 388 g/mol. The largest absolute Gasteiger partial charge is 0.494 e. The molecule has 0 atom stereocenters. The Hall–Kier alpha value is -2.82. The molecule has 29 heavy (non-hydrogen) atoms. The summed E-state index contributed by atoms with van der Waals surface area (Å²) in [5.74, 6) is 2.82. The maximum atomic E-state index is 12.9. The Morgan fingerprint density at radius 2 is 1.90 bits per heavy atom. The van der Waals surface area contributed by atoms with Crippen LogP contribution in [0.4, 0.5) is 5.69 Å². The highest BCUT2D eigenvalue weighted by atomic mass is 32.2. The third-order valence-corrected chi connectivity index (χ3v) is 6.81. The van der Waals surface area contributed by atoms with E-state index in [0.29, 0.717) is 49.5 Å². The van der Waals surface area contributed by atoms with Gasteiger partial charge < -0.3 is 10.1 Å². The second-order valence-electron chi connectivity index (χ2n) is 6.80. The first-order valence-electron chi connectivity index (χ1n) is 9.54. The first-order valence-corrected chi connectivity index (χ1v) is 11.0. The number of nitrogens with zero attached hydrogens (tertiary/aromatic N) is 1. The molecule has 2 aromatic rings. The van der Waals surface area contributed by atoms with Crippen LogP contribution in [0.2, 0.25) is 0 Å². The first-order chi connectivity index (χ1) is 13.9. The van der Waals surface area contributed by atoms with Crippen molar-refractivity contribution in [2.45, 2.75) is 24.7 Å². The van der Waals surface area contributed by atoms with Crippen molar-refractivity contribution in [2.75, 3.05) is 25.0 Å². The van der Waals surface area contributed by atoms with Crippen molar-refractivity contribution in [3.05, 3.63) is 54.1 Å². The Labute approximate surface area is 171 Å². The molecule has 7 heteroatoms. The summed E-state index contributed by atoms with van der Waals surface area (Å²) in [7, 11) is -3.59. The molecule has 0 bridgehead atoms. The topological polar surface area (TPSA) is 75.7 Å². The van der Waals surface area contributed by atoms with Gasteiger partial charge in [-0.15, -0.1) is 6.42 Å². The van der Waals surface area contributed by atoms with Crippen LogP contribution in [0.5, 0.6) is 5.75 Å². The number of carbonyl (C=O) groups excluding carboxylic acids is 1. The SMILES string of the molecule is C#Cc1cccc(NC(=O)C2CCN(S(=O)(=O)c3ccc(OCC)cc3)CC2)c1. The molecule has 1 heterocycles. The Bertz CT molecular complexity index is 1000. The van der Waals surface area contributed by atoms with E-state index in [-0.39, 0.29) is 16.7 Å². The Morgan fingerprint density at radius 1 is 1.21 bits per heavy atom. The molecule has 6 nitrogen and oxygen atoms in total. The molecule has 0 aromatic heterocycles. The van der Waals surface area contributed by atoms with Crippen LogP contribution >= 0.6 is 0 Å². The summed E-state index contributed by atoms with van der Waals surface area (Å²) < 4.78 is 32.5. The minimum absolute atomic E-state index is 0.114. The molecular formula is C22H24N2O4S. The van der Waals surface area contributed by atoms with E-state index in [1.165, 1.54) is 4.31 Å². The van der Waals surface area contributed by atoms with E-state index in [1.54, 1.807) is 48.5 Å². The van der Waals surface area contributed by atoms with E-state index < -0.39 is 10.0 Å². The van der Waals surface area contributed by atoms with E-state index in [9.17, 15) is 13.2 Å². The van der Waals surface area contributed by atoms with Gasteiger partial charge in [-0.3, -0.25) is 4.79 Å². The standard InChI is InChI=1S/C22H24N2O4S/c1-3-17-6-5-7-19(16-17)23-22(25)18-12-14-24(15-13-18)29(26,27)21-10-8-20(9-11-21)28-4-2/h1,5-11,16,18H,4,12-15H2,2H3,(H,23,25). The van der Waals surface area contributed by atoms with Crippen molar-refractivity contribution in [3.63, 3.8) is 0 Å². The maximum Gasteiger partial charge on any atom is 0.243 e. The molecule has 1 aliphatic rings. The number of piperidine rings is 1. The molecule has 0 radical (unpaired) electrons. The van der Waals surface area contributed by atoms with E-state index in [1.807, 2.05) is 6.92 Å². The third kappa shape index (κ3) is 4.97. The second-order valence-corrected chi connectivity index (χ2v) is 8.74. The summed E-state index contributed by atoms with van der Waals surface area (Å²) in [6.07, 6.45) is 6.33. The van der Waals surface area contributed by atoms with E-state index >= 15 is 0 Å². The number of nitrogens with one attached hydrogen (secondary N) is 1. The van der Waals surface area contributed by atoms with Gasteiger partial charge in [-0.1, -0.05) is 12.0 Å². The maximum absolute atomic E-state index is 12.9. The number of carbonyl (C=O) groups is 1. The summed E-state index contributed by atoms with van der Waals surface area (Å²) in [6.45, 7) is 3.00. The monoisotopic (exact) mass is 412 g/mol. The number of hydrogen-bond donors (Lipinski definition) is 1. The van der Waals surface area contributed by atoms with Gasteiger partial charge in [-0.25, -0.2) is 8.42 Å². The zero-order valence-corrected chi connectivity index (χ0v) is 17.1. The molecule has 3 rings (SSSR count). The van der Waals surface area contributed by atoms with Gasteiger partial charge in [-0.05, 0) is 62.2 Å². The molecule has 0 aliphatic carbocycles. The lowest BCUT2D eigenvalue weighted by Crippen LogP contribution is -2.41. The minimum Gasteiger partial charge on any atom is -0.494 e. The highest BCUT2D eigenvalue weighted by Gasteiger charge is 2.32. The van der Waals surface area contributed by atoms with Gasteiger partial charge in [0.15, 0.2) is 0 Å². The predicted molar refractivity (Wildman–Crippen MR) is 112 cm³/mol. The molecule has 152 valence electrons. The summed E-state index contributed by atoms with van der Waals surface area (Å²) in [5, 5.41) is 2.87. The lowest BCUT2D eigenvalue weighted by Gasteiger charge is -2.30. The van der Waals surface area contributed by atoms with Gasteiger partial charge >= 0.3 is 0 Å². The summed E-state index contributed by atoms with van der Waals surface area (Å²) in [6, 6.07) is 13.5. The van der Waals surface area contributed by atoms with Crippen LogP contribution in [-0.4, -0.2) is 38.3 Å². The number of rotatable bonds is 6. The Balaban J connectivity index is 1.60. The smallest absolute Gasteiger partial charge is 0.243 e. The van der Waals surface area contributed by atoms with Gasteiger partial charge in [-0.2, -0.15) is 4.31 Å². The fourth-order valence-electron chi connectivity index (χ4n) is 3.31. The van der Waals surface area contributed by atoms with Crippen LogP contribution < -0.4 is 10.1 Å². The molecule has 1 N–H and O–H groups in total. The van der Waals surface area contributed by atoms with Crippen molar-refractivity contribution < 1.29 is 17.9 Å². The molecule has 1 amide bonds. The zero-order chi connectivity index (χ0) is 20.9. The molecule has 0 unspecified atom stereocenters. The van der Waals surface area contributed by atoms with Gasteiger partial charge in [0.1, 0.15) is 5.75 Å². The lowest BCUT2D eigenvalue weighted by molar-refractivity contribution is -0.120. The normalized spacial score (nSPS) is 15.4. The Kier molecular flexibility index (Phi) is 6.57. The first kappa shape index (κ1) is 20.9. The molecule has 0 saturated carbocycles. The fraction of sp³-hybridized carbons (Fsp3) is 0.318. The number of benzene rings is 2. The minimum atomic E-state index is -3.59. The van der Waals surface area contributed by atoms with E-state index in [2.05, 4.69) is 11.2 Å². The number of amides is 1. The predicted octanol–water partition coefficient (Wildman–Crippen LogP) is 3.11. The van der Waals surface area contributed by atoms with Gasteiger partial charge in [0, 0.05) is 30.3 Å². The fourth-order valence-corrected chi connectivity index (χ4v) is 4.78. The van der Waals surface area contributed by atoms with Gasteiger partial charge in [0.2, 0.25) is 15.9 Å². The number of anilines is 1. The van der Waals surface area contributed by atoms with Crippen LogP contribution in [0.15, 0.2) is 53.4 Å². The number of terminal acetylenes is 1. The van der Waals surface area contributed by atoms with Crippen LogP contribution in [-0.2, 0) is 14.8 Å². The highest BCUT2D eigenvalue weighted by Crippen LogP contribution is 2.26. The number of sulfonamides is 1. The number of hydrogen-bond acceptors (Lipinski definition) is 4. The van der Waals surface area contributed by atoms with Gasteiger partial charge in [0.05, 0.1) is 11.5 Å². The molecule has 2 aromatic carbocycles. The summed E-state index contributed by atoms with van der Waals surface area (Å²) in [5.41, 5.74) is 1.34. The molecule has 1 saturated heterocycles. The van der Waals surface area contributed by atoms with Crippen molar-refractivity contribution in [3.8, 4) is 18.1 Å². The summed E-state index contributed by atoms with van der Waals surface area (Å²) in [4.78, 5) is 12.8. The van der Waals surface area contributed by atoms with E-state index in [0.717, 1.165) is 0 Å². The summed E-state index contributed by atoms with van der Waals surface area (Å²) >= 11 is 0. The molecule has 1 aliphatic heterocycles. The molecule has 0 spiro atoms. The van der Waals surface area contributed by atoms with E-state index in [4.69, 9.17) is 11.2 Å². The third-order valence-electron chi connectivity index (χ3n) is 4.89. The van der Waals surface area contributed by atoms with Crippen molar-refractivity contribution in [2.24, 2.45) is 5.92 Å². The van der Waals surface area contributed by atoms with Crippen LogP contribution in [0.3, 0.4) is 0 Å². The van der Waals surface area contributed by atoms with Crippen molar-refractivity contribution in [1.29, 1.82) is 0 Å². The van der Waals surface area contributed by atoms with Gasteiger partial charge in [0.25, 0.3) is 0 Å². The Morgan fingerprint density at radius 3 is 2.52 bits per heavy atom. The van der Waals surface area contributed by atoms with Crippen LogP contribution in [0.25, 0.3) is 0 Å². The average molecular weight is 413 g/mol. The van der Waals surface area contributed by atoms with Crippen LogP contribution in [0, 0.1) is 18.3 Å². The van der Waals surface area contributed by atoms with Crippen LogP contribution in [0.1, 0.15) is 25.3 Å². The molecule has 1 fully saturated rings. The second kappa shape index (κ2) is 9.12. The average Bonchev–Trinajstić information content (AvgIpc) is 2.74. The number of ether oxygens (including phenoxy) is 1. The zero-order valence-electron chi connectivity index (χ0n) is 16.3. The highest BCUT2D eigenvalue weighted by molar-refractivity contribution is 7.89.